The van der Waals surface area contributed by atoms with Gasteiger partial charge in [0.1, 0.15) is 6.10 Å². The van der Waals surface area contributed by atoms with E-state index in [1.165, 1.54) is 0 Å². The maximum atomic E-state index is 11.5. The first-order valence-electron chi connectivity index (χ1n) is 6.25. The lowest BCUT2D eigenvalue weighted by atomic mass is 10.2. The largest absolute Gasteiger partial charge is 0.366 e. The second-order valence-electron chi connectivity index (χ2n) is 4.35. The van der Waals surface area contributed by atoms with Crippen molar-refractivity contribution in [2.24, 2.45) is 0 Å². The number of pyridine rings is 1. The number of likely N-dealkylation sites (N-methyl/N-ethyl adjacent to an activating group) is 1. The molecular formula is C13H19N3O2. The van der Waals surface area contributed by atoms with E-state index in [9.17, 15) is 4.79 Å². The number of morpholine rings is 1. The van der Waals surface area contributed by atoms with Crippen molar-refractivity contribution in [3.8, 4) is 0 Å². The van der Waals surface area contributed by atoms with Gasteiger partial charge in [-0.2, -0.15) is 0 Å². The fraction of sp³-hybridized carbons (Fsp3) is 0.538. The van der Waals surface area contributed by atoms with Crippen LogP contribution in [0.25, 0.3) is 0 Å². The fourth-order valence-corrected chi connectivity index (χ4v) is 2.04. The molecule has 0 spiro atoms. The zero-order chi connectivity index (χ0) is 12.8. The minimum atomic E-state index is -0.340. The molecular weight excluding hydrogens is 230 g/mol. The molecule has 0 bridgehead atoms. The zero-order valence-corrected chi connectivity index (χ0v) is 10.6. The molecule has 1 aliphatic rings. The highest BCUT2D eigenvalue weighted by atomic mass is 16.5. The number of carbonyl (C=O) groups excluding carboxylic acids is 1. The minimum absolute atomic E-state index is 0.0439. The van der Waals surface area contributed by atoms with Gasteiger partial charge < -0.3 is 10.1 Å². The number of nitrogens with zero attached hydrogens (tertiary/aromatic N) is 2. The van der Waals surface area contributed by atoms with E-state index in [2.05, 4.69) is 15.2 Å². The lowest BCUT2D eigenvalue weighted by molar-refractivity contribution is -0.137. The number of aromatic nitrogens is 1. The maximum Gasteiger partial charge on any atom is 0.250 e. The quantitative estimate of drug-likeness (QED) is 0.820. The van der Waals surface area contributed by atoms with E-state index in [1.807, 2.05) is 24.4 Å². The second-order valence-corrected chi connectivity index (χ2v) is 4.35. The summed E-state index contributed by atoms with van der Waals surface area (Å²) >= 11 is 0. The SMILES string of the molecule is CNC(=O)[C@@H]1CN(CCc2ccccn2)CCO1. The van der Waals surface area contributed by atoms with Crippen molar-refractivity contribution >= 4 is 5.91 Å². The van der Waals surface area contributed by atoms with Crippen molar-refractivity contribution in [3.63, 3.8) is 0 Å². The predicted molar refractivity (Wildman–Crippen MR) is 68.2 cm³/mol. The summed E-state index contributed by atoms with van der Waals surface area (Å²) in [5.41, 5.74) is 1.08. The summed E-state index contributed by atoms with van der Waals surface area (Å²) in [6.07, 6.45) is 2.37. The summed E-state index contributed by atoms with van der Waals surface area (Å²) in [5.74, 6) is -0.0439. The lowest BCUT2D eigenvalue weighted by Crippen LogP contribution is -2.49. The van der Waals surface area contributed by atoms with Crippen LogP contribution in [0.4, 0.5) is 0 Å². The Hall–Kier alpha value is -1.46. The Bertz CT molecular complexity index is 383. The number of nitrogens with one attached hydrogen (secondary N) is 1. The van der Waals surface area contributed by atoms with Crippen molar-refractivity contribution in [1.29, 1.82) is 0 Å². The van der Waals surface area contributed by atoms with Crippen LogP contribution in [0, 0.1) is 0 Å². The van der Waals surface area contributed by atoms with Gasteiger partial charge in [-0.1, -0.05) is 6.07 Å². The second kappa shape index (κ2) is 6.47. The van der Waals surface area contributed by atoms with Gasteiger partial charge in [-0.15, -0.1) is 0 Å². The topological polar surface area (TPSA) is 54.5 Å². The average molecular weight is 249 g/mol. The standard InChI is InChI=1S/C13H19N3O2/c1-14-13(17)12-10-16(8-9-18-12)7-5-11-4-2-3-6-15-11/h2-4,6,12H,5,7-10H2,1H3,(H,14,17)/t12-/m0/s1. The lowest BCUT2D eigenvalue weighted by Gasteiger charge is -2.31. The molecule has 0 radical (unpaired) electrons. The van der Waals surface area contributed by atoms with Crippen LogP contribution in [-0.2, 0) is 16.0 Å². The Labute approximate surface area is 107 Å². The molecule has 1 aliphatic heterocycles. The molecule has 1 aromatic heterocycles. The summed E-state index contributed by atoms with van der Waals surface area (Å²) in [6, 6.07) is 5.94. The van der Waals surface area contributed by atoms with E-state index in [1.54, 1.807) is 7.05 Å². The minimum Gasteiger partial charge on any atom is -0.366 e. The Balaban J connectivity index is 1.81. The van der Waals surface area contributed by atoms with Gasteiger partial charge in [0.25, 0.3) is 0 Å². The van der Waals surface area contributed by atoms with Crippen LogP contribution in [0.1, 0.15) is 5.69 Å². The third kappa shape index (κ3) is 3.51. The number of rotatable bonds is 4. The van der Waals surface area contributed by atoms with E-state index in [0.717, 1.165) is 25.2 Å². The van der Waals surface area contributed by atoms with Crippen LogP contribution >= 0.6 is 0 Å². The van der Waals surface area contributed by atoms with Gasteiger partial charge >= 0.3 is 0 Å². The van der Waals surface area contributed by atoms with Gasteiger partial charge in [-0.05, 0) is 12.1 Å². The van der Waals surface area contributed by atoms with Crippen LogP contribution in [0.3, 0.4) is 0 Å². The highest BCUT2D eigenvalue weighted by molar-refractivity contribution is 5.80. The fourth-order valence-electron chi connectivity index (χ4n) is 2.04. The molecule has 5 nitrogen and oxygen atoms in total. The number of ether oxygens (including phenoxy) is 1. The molecule has 0 aromatic carbocycles. The molecule has 5 heteroatoms. The third-order valence-electron chi connectivity index (χ3n) is 3.10. The molecule has 1 saturated heterocycles. The van der Waals surface area contributed by atoms with Gasteiger partial charge in [0.05, 0.1) is 6.61 Å². The number of hydrogen-bond acceptors (Lipinski definition) is 4. The van der Waals surface area contributed by atoms with Crippen LogP contribution in [-0.4, -0.2) is 55.2 Å². The highest BCUT2D eigenvalue weighted by Gasteiger charge is 2.25. The molecule has 98 valence electrons. The van der Waals surface area contributed by atoms with Gasteiger partial charge in [0.2, 0.25) is 5.91 Å². The maximum absolute atomic E-state index is 11.5. The number of amides is 1. The molecule has 2 rings (SSSR count). The zero-order valence-electron chi connectivity index (χ0n) is 10.6. The summed E-state index contributed by atoms with van der Waals surface area (Å²) in [5, 5.41) is 2.63. The highest BCUT2D eigenvalue weighted by Crippen LogP contribution is 2.06. The Morgan fingerprint density at radius 3 is 3.22 bits per heavy atom. The number of carbonyl (C=O) groups is 1. The van der Waals surface area contributed by atoms with Crippen molar-refractivity contribution in [2.45, 2.75) is 12.5 Å². The van der Waals surface area contributed by atoms with Gasteiger partial charge in [0, 0.05) is 45.0 Å². The van der Waals surface area contributed by atoms with E-state index in [-0.39, 0.29) is 12.0 Å². The van der Waals surface area contributed by atoms with Crippen LogP contribution in [0.5, 0.6) is 0 Å². The molecule has 0 aliphatic carbocycles. The summed E-state index contributed by atoms with van der Waals surface area (Å²) < 4.78 is 5.44. The Morgan fingerprint density at radius 2 is 2.50 bits per heavy atom. The molecule has 1 amide bonds. The van der Waals surface area contributed by atoms with E-state index in [4.69, 9.17) is 4.74 Å². The summed E-state index contributed by atoms with van der Waals surface area (Å²) in [6.45, 7) is 3.06. The molecule has 2 heterocycles. The van der Waals surface area contributed by atoms with Crippen molar-refractivity contribution < 1.29 is 9.53 Å². The molecule has 1 N–H and O–H groups in total. The van der Waals surface area contributed by atoms with E-state index < -0.39 is 0 Å². The molecule has 1 aromatic rings. The molecule has 1 atom stereocenters. The van der Waals surface area contributed by atoms with Crippen LogP contribution in [0.2, 0.25) is 0 Å². The smallest absolute Gasteiger partial charge is 0.250 e. The Morgan fingerprint density at radius 1 is 1.61 bits per heavy atom. The Kier molecular flexibility index (Phi) is 4.66. The first-order chi connectivity index (χ1) is 8.79. The molecule has 18 heavy (non-hydrogen) atoms. The first-order valence-corrected chi connectivity index (χ1v) is 6.25. The van der Waals surface area contributed by atoms with Crippen molar-refractivity contribution in [2.75, 3.05) is 33.3 Å². The normalized spacial score (nSPS) is 20.6. The molecule has 0 saturated carbocycles. The van der Waals surface area contributed by atoms with Crippen LogP contribution in [0.15, 0.2) is 24.4 Å². The third-order valence-corrected chi connectivity index (χ3v) is 3.10. The average Bonchev–Trinajstić information content (AvgIpc) is 2.45. The van der Waals surface area contributed by atoms with Crippen molar-refractivity contribution in [1.82, 2.24) is 15.2 Å². The first kappa shape index (κ1) is 13.0. The monoisotopic (exact) mass is 249 g/mol. The summed E-state index contributed by atoms with van der Waals surface area (Å²) in [4.78, 5) is 18.1. The van der Waals surface area contributed by atoms with Gasteiger partial charge in [-0.25, -0.2) is 0 Å². The predicted octanol–water partition coefficient (Wildman–Crippen LogP) is 0.0709. The van der Waals surface area contributed by atoms with E-state index in [0.29, 0.717) is 13.2 Å². The summed E-state index contributed by atoms with van der Waals surface area (Å²) in [7, 11) is 1.64. The van der Waals surface area contributed by atoms with E-state index >= 15 is 0 Å². The van der Waals surface area contributed by atoms with Crippen LogP contribution < -0.4 is 5.32 Å². The molecule has 1 fully saturated rings. The molecule has 0 unspecified atom stereocenters. The number of hydrogen-bond donors (Lipinski definition) is 1. The van der Waals surface area contributed by atoms with Crippen molar-refractivity contribution in [3.05, 3.63) is 30.1 Å². The van der Waals surface area contributed by atoms with Gasteiger partial charge in [-0.3, -0.25) is 14.7 Å². The van der Waals surface area contributed by atoms with Gasteiger partial charge in [0.15, 0.2) is 0 Å².